The average Bonchev–Trinajstić information content (AvgIpc) is 3.33. The van der Waals surface area contributed by atoms with Crippen molar-refractivity contribution in [3.63, 3.8) is 0 Å². The van der Waals surface area contributed by atoms with E-state index in [0.29, 0.717) is 43.6 Å². The largest absolute Gasteiger partial charge is 0.461 e. The lowest BCUT2D eigenvalue weighted by atomic mass is 10.1. The first kappa shape index (κ1) is 49.4. The van der Waals surface area contributed by atoms with E-state index in [4.69, 9.17) is 10.5 Å². The average molecular weight is 695 g/mol. The van der Waals surface area contributed by atoms with Crippen LogP contribution in [-0.2, 0) is 35.3 Å². The van der Waals surface area contributed by atoms with E-state index in [9.17, 15) is 28.8 Å². The van der Waals surface area contributed by atoms with Crippen LogP contribution in [0.3, 0.4) is 0 Å². The molecular weight excluding hydrogens is 628 g/mol. The van der Waals surface area contributed by atoms with Crippen molar-refractivity contribution in [1.82, 2.24) is 20.9 Å². The minimum Gasteiger partial charge on any atom is -0.461 e. The topological polar surface area (TPSA) is 189 Å². The van der Waals surface area contributed by atoms with E-state index in [1.165, 1.54) is 11.8 Å². The number of primary amides is 1. The van der Waals surface area contributed by atoms with Crippen molar-refractivity contribution in [2.75, 3.05) is 31.5 Å². The smallest absolute Gasteiger partial charge is 0.312 e. The summed E-state index contributed by atoms with van der Waals surface area (Å²) in [6.07, 6.45) is 6.13. The van der Waals surface area contributed by atoms with Crippen molar-refractivity contribution in [2.45, 2.75) is 120 Å². The summed E-state index contributed by atoms with van der Waals surface area (Å²) in [6, 6.07) is 6.99. The summed E-state index contributed by atoms with van der Waals surface area (Å²) >= 11 is 0. The van der Waals surface area contributed by atoms with Crippen molar-refractivity contribution >= 4 is 41.8 Å². The third-order valence-electron chi connectivity index (χ3n) is 6.82. The maximum atomic E-state index is 11.7. The normalized spacial score (nSPS) is 13.4. The summed E-state index contributed by atoms with van der Waals surface area (Å²) in [5.74, 6) is -0.0621. The molecule has 1 saturated heterocycles. The molecule has 13 heteroatoms. The number of carbonyl (C=O) groups is 6. The summed E-state index contributed by atoms with van der Waals surface area (Å²) < 4.78 is 4.83. The first-order valence-corrected chi connectivity index (χ1v) is 17.6. The fourth-order valence-corrected chi connectivity index (χ4v) is 3.85. The Balaban J connectivity index is -0.000000670. The first-order chi connectivity index (χ1) is 23.3. The van der Waals surface area contributed by atoms with Crippen LogP contribution in [0.15, 0.2) is 24.3 Å². The molecule has 0 aromatic heterocycles. The van der Waals surface area contributed by atoms with Crippen LogP contribution in [-0.4, -0.2) is 73.3 Å². The molecule has 13 nitrogen and oxygen atoms in total. The van der Waals surface area contributed by atoms with Gasteiger partial charge in [-0.15, -0.1) is 0 Å². The van der Waals surface area contributed by atoms with Gasteiger partial charge >= 0.3 is 12.0 Å². The highest BCUT2D eigenvalue weighted by molar-refractivity contribution is 6.03. The number of carbonyl (C=O) groups excluding carboxylic acids is 6. The van der Waals surface area contributed by atoms with Gasteiger partial charge in [-0.1, -0.05) is 80.4 Å². The molecular formula is C36H66N6O7. The molecule has 2 atom stereocenters. The predicted octanol–water partition coefficient (Wildman–Crippen LogP) is 5.13. The monoisotopic (exact) mass is 694 g/mol. The summed E-state index contributed by atoms with van der Waals surface area (Å²) in [4.78, 5) is 66.5. The van der Waals surface area contributed by atoms with Crippen molar-refractivity contribution in [1.29, 1.82) is 0 Å². The molecule has 282 valence electrons. The Hall–Kier alpha value is -4.00. The molecule has 0 radical (unpaired) electrons. The van der Waals surface area contributed by atoms with Gasteiger partial charge in [0.25, 0.3) is 0 Å². The lowest BCUT2D eigenvalue weighted by Crippen LogP contribution is -2.32. The molecule has 0 saturated carbocycles. The third kappa shape index (κ3) is 27.6. The highest BCUT2D eigenvalue weighted by atomic mass is 16.5. The van der Waals surface area contributed by atoms with Gasteiger partial charge in [-0.25, -0.2) is 4.79 Å². The number of unbranched alkanes of at least 4 members (excludes halogenated alkanes) is 3. The van der Waals surface area contributed by atoms with E-state index in [-0.39, 0.29) is 42.8 Å². The quantitative estimate of drug-likeness (QED) is 0.0642. The zero-order chi connectivity index (χ0) is 38.2. The van der Waals surface area contributed by atoms with E-state index in [1.54, 1.807) is 24.3 Å². The standard InChI is InChI=1S/C16H30N2O2.C12H14N2O4.C4H10N2O.2C2H6/c1-12(2)14(4)17-9-7-5-6-8-10-18-15(19)11-13(3)16(18)20;1-9(16)18-7-10-2-4-11(5-3-10)14-12(17)6-13-8-15;1-2-3-6-4(5)7;2*1-2/h12-14,17H,5-11H2,1-4H3;2-5,8H,6-7H2,1H3,(H,13,15)(H,14,17);2-3H2,1H3,(H3,5,6,7);2*1-2H3. The third-order valence-corrected chi connectivity index (χ3v) is 6.82. The Labute approximate surface area is 295 Å². The fourth-order valence-electron chi connectivity index (χ4n) is 3.85. The lowest BCUT2D eigenvalue weighted by Gasteiger charge is -2.17. The zero-order valence-electron chi connectivity index (χ0n) is 31.8. The van der Waals surface area contributed by atoms with Gasteiger partial charge in [0.2, 0.25) is 24.1 Å². The number of nitrogens with one attached hydrogen (secondary N) is 4. The lowest BCUT2D eigenvalue weighted by molar-refractivity contribution is -0.142. The molecule has 0 aliphatic carbocycles. The number of esters is 1. The van der Waals surface area contributed by atoms with Gasteiger partial charge in [-0.3, -0.25) is 28.9 Å². The van der Waals surface area contributed by atoms with Gasteiger partial charge in [-0.2, -0.15) is 0 Å². The number of amides is 6. The second-order valence-electron chi connectivity index (χ2n) is 11.2. The van der Waals surface area contributed by atoms with Crippen LogP contribution >= 0.6 is 0 Å². The molecule has 0 spiro atoms. The minimum absolute atomic E-state index is 0.00919. The van der Waals surface area contributed by atoms with Gasteiger partial charge in [0.1, 0.15) is 6.61 Å². The Morgan fingerprint density at radius 3 is 2.02 bits per heavy atom. The molecule has 2 rings (SSSR count). The van der Waals surface area contributed by atoms with E-state index in [1.807, 2.05) is 41.5 Å². The molecule has 1 aromatic carbocycles. The Morgan fingerprint density at radius 1 is 0.980 bits per heavy atom. The number of rotatable bonds is 17. The molecule has 0 bridgehead atoms. The number of anilines is 1. The maximum Gasteiger partial charge on any atom is 0.312 e. The number of nitrogens with two attached hydrogens (primary N) is 1. The highest BCUT2D eigenvalue weighted by Gasteiger charge is 2.34. The predicted molar refractivity (Wildman–Crippen MR) is 196 cm³/mol. The van der Waals surface area contributed by atoms with Crippen LogP contribution in [0.4, 0.5) is 10.5 Å². The summed E-state index contributed by atoms with van der Waals surface area (Å²) in [5, 5.41) is 10.8. The number of ether oxygens (including phenoxy) is 1. The van der Waals surface area contributed by atoms with Crippen LogP contribution in [0.25, 0.3) is 0 Å². The molecule has 1 fully saturated rings. The SMILES string of the molecule is CC.CC.CC(=O)OCc1ccc(NC(=O)CNC=O)cc1.CC1CC(=O)N(CCCCCCNC(C)C(C)C)C1=O.CCCNC(N)=O. The summed E-state index contributed by atoms with van der Waals surface area (Å²) in [7, 11) is 0. The second kappa shape index (κ2) is 32.5. The van der Waals surface area contributed by atoms with Gasteiger partial charge in [0, 0.05) is 44.1 Å². The van der Waals surface area contributed by atoms with Crippen LogP contribution in [0.2, 0.25) is 0 Å². The minimum atomic E-state index is -0.443. The fraction of sp³-hybridized carbons (Fsp3) is 0.667. The van der Waals surface area contributed by atoms with E-state index in [2.05, 4.69) is 42.0 Å². The highest BCUT2D eigenvalue weighted by Crippen LogP contribution is 2.19. The number of hydrogen-bond acceptors (Lipinski definition) is 8. The Kier molecular flexibility index (Phi) is 32.8. The molecule has 49 heavy (non-hydrogen) atoms. The number of imide groups is 1. The van der Waals surface area contributed by atoms with Crippen LogP contribution < -0.4 is 27.0 Å². The van der Waals surface area contributed by atoms with Crippen molar-refractivity contribution < 1.29 is 33.5 Å². The molecule has 1 aliphatic rings. The van der Waals surface area contributed by atoms with Crippen molar-refractivity contribution in [3.05, 3.63) is 29.8 Å². The Morgan fingerprint density at radius 2 is 1.57 bits per heavy atom. The molecule has 6 amide bonds. The van der Waals surface area contributed by atoms with Crippen LogP contribution in [0.5, 0.6) is 0 Å². The molecule has 1 heterocycles. The zero-order valence-corrected chi connectivity index (χ0v) is 31.8. The molecule has 6 N–H and O–H groups in total. The van der Waals surface area contributed by atoms with Gasteiger partial charge in [0.05, 0.1) is 6.54 Å². The van der Waals surface area contributed by atoms with Crippen molar-refractivity contribution in [3.8, 4) is 0 Å². The number of hydrogen-bond donors (Lipinski definition) is 5. The number of nitrogens with zero attached hydrogens (tertiary/aromatic N) is 1. The van der Waals surface area contributed by atoms with Gasteiger partial charge < -0.3 is 31.7 Å². The summed E-state index contributed by atoms with van der Waals surface area (Å²) in [6.45, 7) is 22.3. The number of urea groups is 1. The van der Waals surface area contributed by atoms with Crippen LogP contribution in [0, 0.1) is 11.8 Å². The molecule has 2 unspecified atom stereocenters. The summed E-state index contributed by atoms with van der Waals surface area (Å²) in [5.41, 5.74) is 6.17. The van der Waals surface area contributed by atoms with Crippen LogP contribution in [0.1, 0.15) is 113 Å². The van der Waals surface area contributed by atoms with Crippen molar-refractivity contribution in [2.24, 2.45) is 17.6 Å². The molecule has 1 aliphatic heterocycles. The number of benzene rings is 1. The van der Waals surface area contributed by atoms with E-state index < -0.39 is 6.03 Å². The van der Waals surface area contributed by atoms with E-state index in [0.717, 1.165) is 44.2 Å². The second-order valence-corrected chi connectivity index (χ2v) is 11.2. The number of likely N-dealkylation sites (tertiary alicyclic amines) is 1. The van der Waals surface area contributed by atoms with Gasteiger partial charge in [-0.05, 0) is 56.3 Å². The van der Waals surface area contributed by atoms with E-state index >= 15 is 0 Å². The first-order valence-electron chi connectivity index (χ1n) is 17.6. The Bertz CT molecular complexity index is 1050. The molecule has 1 aromatic rings. The maximum absolute atomic E-state index is 11.7. The van der Waals surface area contributed by atoms with Gasteiger partial charge in [0.15, 0.2) is 0 Å².